The molecule has 16 heteroatoms. The number of carbonyl (C=O) groups is 2. The molecule has 0 aliphatic carbocycles. The Balaban J connectivity index is -0.0000000550. The number of ketones is 2. The maximum Gasteiger partial charge on any atom is 2.00 e. The molecule has 0 spiro atoms. The van der Waals surface area contributed by atoms with Crippen molar-refractivity contribution in [3.63, 3.8) is 0 Å². The number of rotatable bonds is 8. The second-order valence-corrected chi connectivity index (χ2v) is 8.57. The van der Waals surface area contributed by atoms with Gasteiger partial charge in [-0.2, -0.15) is 10.5 Å². The number of nitriles is 2. The van der Waals surface area contributed by atoms with E-state index in [4.69, 9.17) is 21.3 Å². The van der Waals surface area contributed by atoms with Crippen molar-refractivity contribution >= 4 is 23.6 Å². The number of carbonyl (C=O) groups excluding carboxylic acids is 2. The van der Waals surface area contributed by atoms with Crippen LogP contribution in [0.1, 0.15) is 27.7 Å². The first-order valence-electron chi connectivity index (χ1n) is 11.6. The summed E-state index contributed by atoms with van der Waals surface area (Å²) in [6.07, 6.45) is 4.67. The Bertz CT molecular complexity index is 786. The summed E-state index contributed by atoms with van der Waals surface area (Å²) in [6.45, 7) is 9.98. The maximum absolute atomic E-state index is 9.98. The van der Waals surface area contributed by atoms with Gasteiger partial charge in [-0.3, -0.25) is 9.59 Å². The summed E-state index contributed by atoms with van der Waals surface area (Å²) in [5.74, 6) is -0.750. The molecule has 42 heavy (non-hydrogen) atoms. The molecule has 0 unspecified atom stereocenters. The van der Waals surface area contributed by atoms with E-state index in [0.29, 0.717) is 0 Å². The summed E-state index contributed by atoms with van der Waals surface area (Å²) in [4.78, 5) is 33.8. The van der Waals surface area contributed by atoms with Gasteiger partial charge in [-0.1, -0.05) is 13.8 Å². The van der Waals surface area contributed by atoms with Gasteiger partial charge in [0.25, 0.3) is 0 Å². The molecule has 0 aliphatic rings. The molecule has 14 nitrogen and oxygen atoms in total. The van der Waals surface area contributed by atoms with Gasteiger partial charge in [0.2, 0.25) is 0 Å². The molecule has 0 atom stereocenters. The van der Waals surface area contributed by atoms with Crippen LogP contribution in [-0.4, -0.2) is 126 Å². The minimum Gasteiger partial charge on any atom is -0.876 e. The summed E-state index contributed by atoms with van der Waals surface area (Å²) in [5, 5.41) is 49.7. The zero-order valence-electron chi connectivity index (χ0n) is 26.7. The van der Waals surface area contributed by atoms with E-state index < -0.39 is 0 Å². The average Bonchev–Trinajstić information content (AvgIpc) is 2.78. The molecule has 0 amide bonds. The summed E-state index contributed by atoms with van der Waals surface area (Å²) in [7, 11) is 16.7. The van der Waals surface area contributed by atoms with Crippen molar-refractivity contribution in [3.05, 3.63) is 34.5 Å². The van der Waals surface area contributed by atoms with Gasteiger partial charge in [-0.05, 0) is 82.4 Å². The van der Waals surface area contributed by atoms with E-state index >= 15 is 0 Å². The van der Waals surface area contributed by atoms with Crippen molar-refractivity contribution in [1.29, 1.82) is 10.5 Å². The van der Waals surface area contributed by atoms with Gasteiger partial charge in [0.15, 0.2) is 11.6 Å². The molecule has 0 rings (SSSR count). The third kappa shape index (κ3) is 133. The van der Waals surface area contributed by atoms with Gasteiger partial charge in [0.1, 0.15) is 0 Å². The van der Waals surface area contributed by atoms with Gasteiger partial charge in [-0.25, -0.2) is 0 Å². The molecular formula is C26H46Cu2N10O4. The van der Waals surface area contributed by atoms with Crippen LogP contribution in [0.15, 0.2) is 33.7 Å². The molecule has 0 aromatic heterocycles. The van der Waals surface area contributed by atoms with Crippen molar-refractivity contribution in [3.8, 4) is 12.4 Å². The summed E-state index contributed by atoms with van der Waals surface area (Å²) in [5.41, 5.74) is 0. The Morgan fingerprint density at radius 1 is 0.619 bits per heavy atom. The number of likely N-dealkylation sites (N-methyl/N-ethyl adjacent to an activating group) is 4. The quantitative estimate of drug-likeness (QED) is 0.112. The van der Waals surface area contributed by atoms with Crippen molar-refractivity contribution in [2.45, 2.75) is 27.7 Å². The zero-order valence-corrected chi connectivity index (χ0v) is 28.6. The van der Waals surface area contributed by atoms with Crippen molar-refractivity contribution in [2.24, 2.45) is 9.98 Å². The molecule has 0 heterocycles. The third-order valence-corrected chi connectivity index (χ3v) is 3.00. The van der Waals surface area contributed by atoms with Crippen LogP contribution in [0.4, 0.5) is 0 Å². The summed E-state index contributed by atoms with van der Waals surface area (Å²) >= 11 is 0. The van der Waals surface area contributed by atoms with Crippen LogP contribution in [0.25, 0.3) is 10.8 Å². The number of allylic oxidation sites excluding steroid dienone is 4. The normalized spacial score (nSPS) is 9.00. The van der Waals surface area contributed by atoms with Gasteiger partial charge >= 0.3 is 34.1 Å². The van der Waals surface area contributed by atoms with E-state index in [1.54, 1.807) is 0 Å². The molecular weight excluding hydrogens is 643 g/mol. The van der Waals surface area contributed by atoms with Crippen LogP contribution in [0.3, 0.4) is 0 Å². The zero-order chi connectivity index (χ0) is 33.1. The average molecular weight is 690 g/mol. The minimum absolute atomic E-state index is 0. The van der Waals surface area contributed by atoms with Crippen LogP contribution >= 0.6 is 0 Å². The largest absolute Gasteiger partial charge is 2.00 e. The summed E-state index contributed by atoms with van der Waals surface area (Å²) < 4.78 is 0. The fraction of sp³-hybridized carbons (Fsp3) is 0.615. The van der Waals surface area contributed by atoms with Crippen molar-refractivity contribution < 1.29 is 53.9 Å². The van der Waals surface area contributed by atoms with E-state index in [1.807, 2.05) is 0 Å². The molecule has 0 saturated heterocycles. The van der Waals surface area contributed by atoms with Crippen molar-refractivity contribution in [2.75, 3.05) is 82.6 Å². The Labute approximate surface area is 274 Å². The van der Waals surface area contributed by atoms with Crippen LogP contribution in [0.2, 0.25) is 0 Å². The van der Waals surface area contributed by atoms with Gasteiger partial charge in [-0.15, -0.1) is 23.5 Å². The fourth-order valence-corrected chi connectivity index (χ4v) is 1.42. The molecule has 2 radical (unpaired) electrons. The van der Waals surface area contributed by atoms with Gasteiger partial charge in [0, 0.05) is 26.2 Å². The van der Waals surface area contributed by atoms with Crippen LogP contribution in [-0.2, 0) is 43.7 Å². The topological polar surface area (TPSA) is 210 Å². The predicted molar refractivity (Wildman–Crippen MR) is 156 cm³/mol. The molecule has 246 valence electrons. The van der Waals surface area contributed by atoms with E-state index in [0.717, 1.165) is 38.3 Å². The van der Waals surface area contributed by atoms with Crippen LogP contribution < -0.4 is 10.2 Å². The number of hydrogen-bond acceptors (Lipinski definition) is 12. The molecule has 0 aromatic rings. The predicted octanol–water partition coefficient (Wildman–Crippen LogP) is 0.315. The maximum atomic E-state index is 9.98. The first-order chi connectivity index (χ1) is 18.3. The van der Waals surface area contributed by atoms with Gasteiger partial charge in [0.05, 0.1) is 12.4 Å². The Morgan fingerprint density at radius 2 is 0.810 bits per heavy atom. The number of hydrogen-bond donors (Lipinski definition) is 0. The smallest absolute Gasteiger partial charge is 0.876 e. The Hall–Kier alpha value is -2.96. The van der Waals surface area contributed by atoms with E-state index in [1.165, 1.54) is 52.1 Å². The number of aliphatic imine (C=N–C) groups is 2. The Kier molecular flexibility index (Phi) is 66.7. The van der Waals surface area contributed by atoms with E-state index in [9.17, 15) is 19.8 Å². The second kappa shape index (κ2) is 47.8. The Morgan fingerprint density at radius 3 is 0.833 bits per heavy atom. The molecule has 0 aromatic carbocycles. The third-order valence-electron chi connectivity index (χ3n) is 3.00. The SMILES string of the molecule is CC(=O)/C=C(/C)[O-].CC(=O)/C=C(/C)[O-].CN(C)CCN(C)C.CN(C)CCN(C)C.N#CN=C=[N-].N#CN=C=[N-].[Cu+2].[Cu+2]. The van der Waals surface area contributed by atoms with Crippen molar-refractivity contribution in [1.82, 2.24) is 19.6 Å². The first kappa shape index (κ1) is 58.6. The number of nitrogens with zero attached hydrogens (tertiary/aromatic N) is 10. The van der Waals surface area contributed by atoms with Crippen LogP contribution in [0, 0.1) is 22.9 Å². The first-order valence-corrected chi connectivity index (χ1v) is 11.6. The summed E-state index contributed by atoms with van der Waals surface area (Å²) in [6, 6.07) is 2.56. The molecule has 0 saturated carbocycles. The molecule has 0 fully saturated rings. The van der Waals surface area contributed by atoms with Gasteiger partial charge < -0.3 is 50.6 Å². The standard InChI is InChI=1S/2C6H16N2.2C5H8O2.2C2N3.2Cu/c2*1-7(2)5-6-8(3)4;2*1-4(6)3-5(2)7;2*3-1-5-2-4;;/h2*5-6H2,1-4H3;2*3,6H,1-2H3;;;;/q;;;;2*-1;2*+2/p-2/b;;2*4-3-;;;;. The molecule has 0 N–H and O–H groups in total. The molecule has 0 bridgehead atoms. The minimum atomic E-state index is -0.187. The van der Waals surface area contributed by atoms with E-state index in [-0.39, 0.29) is 57.2 Å². The van der Waals surface area contributed by atoms with Crippen LogP contribution in [0.5, 0.6) is 0 Å². The second-order valence-electron chi connectivity index (χ2n) is 8.57. The molecule has 0 aliphatic heterocycles. The fourth-order valence-electron chi connectivity index (χ4n) is 1.42. The monoisotopic (exact) mass is 688 g/mol. The van der Waals surface area contributed by atoms with E-state index in [2.05, 4.69) is 86.0 Å².